The van der Waals surface area contributed by atoms with Gasteiger partial charge in [-0.15, -0.1) is 0 Å². The summed E-state index contributed by atoms with van der Waals surface area (Å²) in [6.45, 7) is 11.9. The molecule has 0 amide bonds. The highest BCUT2D eigenvalue weighted by Gasteiger charge is 2.24. The van der Waals surface area contributed by atoms with Gasteiger partial charge >= 0.3 is 12.0 Å². The molecule has 2 saturated heterocycles. The van der Waals surface area contributed by atoms with Gasteiger partial charge in [0.25, 0.3) is 0 Å². The second-order valence-corrected chi connectivity index (χ2v) is 9.25. The van der Waals surface area contributed by atoms with Crippen LogP contribution in [0, 0.1) is 11.8 Å². The lowest BCUT2D eigenvalue weighted by molar-refractivity contribution is -0.111. The summed E-state index contributed by atoms with van der Waals surface area (Å²) in [5, 5.41) is 16.9. The van der Waals surface area contributed by atoms with Crippen LogP contribution in [-0.4, -0.2) is 64.5 Å². The lowest BCUT2D eigenvalue weighted by Crippen LogP contribution is -2.34. The van der Waals surface area contributed by atoms with Gasteiger partial charge in [-0.2, -0.15) is 9.97 Å². The average molecular weight is 449 g/mol. The predicted molar refractivity (Wildman–Crippen MR) is 120 cm³/mol. The molecule has 178 valence electrons. The Morgan fingerprint density at radius 1 is 0.875 bits per heavy atom. The number of piperidine rings is 2. The number of aliphatic hydroxyl groups is 1. The van der Waals surface area contributed by atoms with Crippen molar-refractivity contribution in [2.75, 3.05) is 42.6 Å². The molecule has 0 unspecified atom stereocenters. The predicted octanol–water partition coefficient (Wildman–Crippen LogP) is 3.01. The molecule has 1 N–H and O–H groups in total. The van der Waals surface area contributed by atoms with Crippen LogP contribution in [0.1, 0.15) is 76.9 Å². The van der Waals surface area contributed by atoms with Gasteiger partial charge in [-0.3, -0.25) is 0 Å². The van der Waals surface area contributed by atoms with E-state index >= 15 is 0 Å². The van der Waals surface area contributed by atoms with E-state index in [-0.39, 0.29) is 18.4 Å². The Labute approximate surface area is 189 Å². The van der Waals surface area contributed by atoms with E-state index in [0.717, 1.165) is 69.8 Å². The molecule has 4 rings (SSSR count). The highest BCUT2D eigenvalue weighted by atomic mass is 16.5. The summed E-state index contributed by atoms with van der Waals surface area (Å²) in [5.74, 6) is 2.72. The van der Waals surface area contributed by atoms with Crippen LogP contribution in [0.25, 0.3) is 0 Å². The summed E-state index contributed by atoms with van der Waals surface area (Å²) in [4.78, 5) is 23.5. The fourth-order valence-corrected chi connectivity index (χ4v) is 3.71. The number of hydrogen-bond donors (Lipinski definition) is 1. The van der Waals surface area contributed by atoms with E-state index in [0.29, 0.717) is 23.9 Å². The molecule has 10 heteroatoms. The Morgan fingerprint density at radius 2 is 1.31 bits per heavy atom. The summed E-state index contributed by atoms with van der Waals surface area (Å²) >= 11 is 0. The third-order valence-corrected chi connectivity index (χ3v) is 6.04. The summed E-state index contributed by atoms with van der Waals surface area (Å²) in [7, 11) is 0. The standard InChI is InChI=1S/C11H19N3O2.C11H17N3O2/c2*1-8(2)10-12-11(16-13-10)14-5-3-9(7-15)4-6-14/h8-9,15H,3-7H2,1-2H3;7-9H,3-6H2,1-2H3. The smallest absolute Gasteiger partial charge is 0.324 e. The molecule has 2 aliphatic heterocycles. The lowest BCUT2D eigenvalue weighted by Gasteiger charge is -2.29. The molecule has 2 aromatic rings. The van der Waals surface area contributed by atoms with Crippen molar-refractivity contribution in [2.24, 2.45) is 11.8 Å². The van der Waals surface area contributed by atoms with E-state index in [1.807, 2.05) is 27.7 Å². The van der Waals surface area contributed by atoms with Crippen LogP contribution in [0.2, 0.25) is 0 Å². The molecule has 2 aliphatic rings. The topological polar surface area (TPSA) is 122 Å². The van der Waals surface area contributed by atoms with Crippen LogP contribution in [0.4, 0.5) is 12.0 Å². The van der Waals surface area contributed by atoms with Crippen molar-refractivity contribution in [1.29, 1.82) is 0 Å². The van der Waals surface area contributed by atoms with Crippen molar-refractivity contribution >= 4 is 18.3 Å². The van der Waals surface area contributed by atoms with E-state index in [1.165, 1.54) is 0 Å². The molecule has 0 atom stereocenters. The van der Waals surface area contributed by atoms with Crippen molar-refractivity contribution < 1.29 is 18.9 Å². The van der Waals surface area contributed by atoms with Crippen LogP contribution >= 0.6 is 0 Å². The van der Waals surface area contributed by atoms with E-state index in [2.05, 4.69) is 30.1 Å². The van der Waals surface area contributed by atoms with Crippen molar-refractivity contribution in [1.82, 2.24) is 20.3 Å². The van der Waals surface area contributed by atoms with Gasteiger partial charge in [0.2, 0.25) is 0 Å². The average Bonchev–Trinajstić information content (AvgIpc) is 3.50. The number of carbonyl (C=O) groups is 1. The quantitative estimate of drug-likeness (QED) is 0.660. The van der Waals surface area contributed by atoms with Gasteiger partial charge in [-0.1, -0.05) is 38.0 Å². The van der Waals surface area contributed by atoms with E-state index < -0.39 is 0 Å². The van der Waals surface area contributed by atoms with Gasteiger partial charge in [0, 0.05) is 50.5 Å². The van der Waals surface area contributed by atoms with Crippen LogP contribution in [0.15, 0.2) is 9.05 Å². The third-order valence-electron chi connectivity index (χ3n) is 6.04. The molecule has 2 fully saturated rings. The first-order chi connectivity index (χ1) is 15.4. The third kappa shape index (κ3) is 6.27. The number of rotatable bonds is 6. The fraction of sp³-hybridized carbons (Fsp3) is 0.773. The van der Waals surface area contributed by atoms with Crippen LogP contribution < -0.4 is 9.80 Å². The second kappa shape index (κ2) is 11.4. The first-order valence-electron chi connectivity index (χ1n) is 11.6. The summed E-state index contributed by atoms with van der Waals surface area (Å²) in [5.41, 5.74) is 0. The number of hydrogen-bond acceptors (Lipinski definition) is 10. The number of anilines is 2. The van der Waals surface area contributed by atoms with Crippen LogP contribution in [0.5, 0.6) is 0 Å². The van der Waals surface area contributed by atoms with Gasteiger partial charge in [-0.25, -0.2) is 0 Å². The second-order valence-electron chi connectivity index (χ2n) is 9.25. The van der Waals surface area contributed by atoms with Crippen LogP contribution in [-0.2, 0) is 4.79 Å². The first-order valence-corrected chi connectivity index (χ1v) is 11.6. The number of carbonyl (C=O) groups excluding carboxylic acids is 1. The van der Waals surface area contributed by atoms with Crippen molar-refractivity contribution in [3.63, 3.8) is 0 Å². The maximum atomic E-state index is 10.6. The zero-order chi connectivity index (χ0) is 23.1. The SMILES string of the molecule is CC(C)c1noc(N2CCC(C=O)CC2)n1.CC(C)c1noc(N2CCC(CO)CC2)n1. The van der Waals surface area contributed by atoms with E-state index in [9.17, 15) is 4.79 Å². The highest BCUT2D eigenvalue weighted by molar-refractivity contribution is 5.54. The van der Waals surface area contributed by atoms with Gasteiger partial charge in [0.1, 0.15) is 6.29 Å². The minimum atomic E-state index is 0.198. The molecule has 0 aromatic carbocycles. The summed E-state index contributed by atoms with van der Waals surface area (Å²) < 4.78 is 10.4. The molecule has 0 saturated carbocycles. The molecule has 4 heterocycles. The number of aromatic nitrogens is 4. The molecular weight excluding hydrogens is 412 g/mol. The van der Waals surface area contributed by atoms with E-state index in [4.69, 9.17) is 14.2 Å². The maximum absolute atomic E-state index is 10.6. The Morgan fingerprint density at radius 3 is 1.66 bits per heavy atom. The molecule has 0 bridgehead atoms. The summed E-state index contributed by atoms with van der Waals surface area (Å²) in [6, 6.07) is 1.22. The normalized spacial score (nSPS) is 18.2. The van der Waals surface area contributed by atoms with Crippen molar-refractivity contribution in [3.8, 4) is 0 Å². The van der Waals surface area contributed by atoms with Crippen molar-refractivity contribution in [2.45, 2.75) is 65.2 Å². The maximum Gasteiger partial charge on any atom is 0.324 e. The van der Waals surface area contributed by atoms with Crippen molar-refractivity contribution in [3.05, 3.63) is 11.6 Å². The Bertz CT molecular complexity index is 820. The Balaban J connectivity index is 0.000000181. The number of aliphatic hydroxyl groups excluding tert-OH is 1. The molecule has 2 aromatic heterocycles. The Kier molecular flexibility index (Phi) is 8.60. The molecule has 0 spiro atoms. The zero-order valence-corrected chi connectivity index (χ0v) is 19.6. The lowest BCUT2D eigenvalue weighted by atomic mass is 9.98. The highest BCUT2D eigenvalue weighted by Crippen LogP contribution is 2.23. The minimum absolute atomic E-state index is 0.198. The molecule has 0 aliphatic carbocycles. The largest absolute Gasteiger partial charge is 0.396 e. The van der Waals surface area contributed by atoms with Gasteiger partial charge < -0.3 is 28.7 Å². The van der Waals surface area contributed by atoms with Crippen LogP contribution in [0.3, 0.4) is 0 Å². The molecular formula is C22H36N6O4. The van der Waals surface area contributed by atoms with Gasteiger partial charge in [0.05, 0.1) is 0 Å². The Hall–Kier alpha value is -2.49. The minimum Gasteiger partial charge on any atom is -0.396 e. The fourth-order valence-electron chi connectivity index (χ4n) is 3.71. The van der Waals surface area contributed by atoms with Gasteiger partial charge in [0.15, 0.2) is 11.6 Å². The zero-order valence-electron chi connectivity index (χ0n) is 19.6. The molecule has 32 heavy (non-hydrogen) atoms. The number of nitrogens with zero attached hydrogens (tertiary/aromatic N) is 6. The monoisotopic (exact) mass is 448 g/mol. The number of aldehydes is 1. The first kappa shape index (κ1) is 24.2. The molecule has 0 radical (unpaired) electrons. The summed E-state index contributed by atoms with van der Waals surface area (Å²) in [6.07, 6.45) is 4.79. The van der Waals surface area contributed by atoms with E-state index in [1.54, 1.807) is 0 Å². The molecule has 10 nitrogen and oxygen atoms in total. The van der Waals surface area contributed by atoms with Gasteiger partial charge in [-0.05, 0) is 31.6 Å².